The van der Waals surface area contributed by atoms with Gasteiger partial charge in [0.2, 0.25) is 0 Å². The van der Waals surface area contributed by atoms with E-state index in [1.165, 1.54) is 21.0 Å². The number of thioether (sulfide) groups is 1. The third kappa shape index (κ3) is 4.15. The van der Waals surface area contributed by atoms with Crippen LogP contribution in [-0.4, -0.2) is 42.9 Å². The van der Waals surface area contributed by atoms with E-state index >= 15 is 0 Å². The third-order valence-corrected chi connectivity index (χ3v) is 4.83. The number of para-hydroxylation sites is 1. The van der Waals surface area contributed by atoms with Gasteiger partial charge in [0.1, 0.15) is 29.0 Å². The number of H-pyrrole nitrogens is 1. The quantitative estimate of drug-likeness (QED) is 0.443. The molecule has 0 saturated carbocycles. The highest BCUT2D eigenvalue weighted by Gasteiger charge is 2.20. The van der Waals surface area contributed by atoms with Crippen LogP contribution >= 0.6 is 11.8 Å². The van der Waals surface area contributed by atoms with Gasteiger partial charge in [0.15, 0.2) is 5.52 Å². The van der Waals surface area contributed by atoms with Gasteiger partial charge in [0, 0.05) is 12.8 Å². The number of hydrogen-bond acceptors (Lipinski definition) is 6. The molecule has 0 amide bonds. The van der Waals surface area contributed by atoms with Crippen molar-refractivity contribution in [3.05, 3.63) is 63.8 Å². The predicted molar refractivity (Wildman–Crippen MR) is 104 cm³/mol. The number of aliphatic hydroxyl groups is 1. The first-order valence-corrected chi connectivity index (χ1v) is 9.29. The summed E-state index contributed by atoms with van der Waals surface area (Å²) in [4.78, 5) is 26.6. The zero-order valence-corrected chi connectivity index (χ0v) is 15.6. The van der Waals surface area contributed by atoms with Crippen molar-refractivity contribution in [2.45, 2.75) is 17.7 Å². The zero-order chi connectivity index (χ0) is 19.4. The molecule has 0 fully saturated rings. The predicted octanol–water partition coefficient (Wildman–Crippen LogP) is 1.14. The second kappa shape index (κ2) is 8.28. The van der Waals surface area contributed by atoms with Gasteiger partial charge in [-0.3, -0.25) is 19.0 Å². The number of nitrogens with zero attached hydrogens (tertiary/aromatic N) is 3. The van der Waals surface area contributed by atoms with E-state index in [0.29, 0.717) is 22.0 Å². The van der Waals surface area contributed by atoms with Crippen molar-refractivity contribution in [3.63, 3.8) is 0 Å². The fourth-order valence-corrected chi connectivity index (χ4v) is 3.43. The summed E-state index contributed by atoms with van der Waals surface area (Å²) in [5, 5.41) is 15.3. The van der Waals surface area contributed by atoms with E-state index in [9.17, 15) is 14.7 Å². The van der Waals surface area contributed by atoms with Crippen molar-refractivity contribution in [1.82, 2.24) is 19.3 Å². The van der Waals surface area contributed by atoms with Gasteiger partial charge in [-0.15, -0.1) is 6.58 Å². The molecule has 2 N–H and O–H groups in total. The summed E-state index contributed by atoms with van der Waals surface area (Å²) in [5.74, 6) is 1.22. The molecule has 2 aromatic heterocycles. The van der Waals surface area contributed by atoms with Crippen LogP contribution in [0.5, 0.6) is 5.75 Å². The van der Waals surface area contributed by atoms with Gasteiger partial charge in [-0.1, -0.05) is 36.0 Å². The zero-order valence-electron chi connectivity index (χ0n) is 14.8. The van der Waals surface area contributed by atoms with Gasteiger partial charge >= 0.3 is 5.69 Å². The molecule has 0 radical (unpaired) electrons. The minimum absolute atomic E-state index is 0.0458. The molecule has 27 heavy (non-hydrogen) atoms. The number of aliphatic hydroxyl groups excluding tert-OH is 1. The van der Waals surface area contributed by atoms with Gasteiger partial charge in [0.25, 0.3) is 5.56 Å². The van der Waals surface area contributed by atoms with Gasteiger partial charge in [-0.05, 0) is 12.1 Å². The molecule has 3 rings (SSSR count). The van der Waals surface area contributed by atoms with Crippen LogP contribution in [0.15, 0.2) is 57.6 Å². The molecule has 0 spiro atoms. The van der Waals surface area contributed by atoms with Crippen LogP contribution in [0.1, 0.15) is 0 Å². The van der Waals surface area contributed by atoms with E-state index in [2.05, 4.69) is 16.7 Å². The van der Waals surface area contributed by atoms with E-state index in [-0.39, 0.29) is 18.7 Å². The molecule has 142 valence electrons. The summed E-state index contributed by atoms with van der Waals surface area (Å²) in [6, 6.07) is 9.14. The maximum absolute atomic E-state index is 12.3. The molecular formula is C18H20N4O4S. The lowest BCUT2D eigenvalue weighted by molar-refractivity contribution is 0.0901. The highest BCUT2D eigenvalue weighted by Crippen LogP contribution is 2.24. The van der Waals surface area contributed by atoms with E-state index in [0.717, 1.165) is 0 Å². The molecule has 1 atom stereocenters. The number of benzene rings is 1. The SMILES string of the molecule is C=CCSc1nn(CC(O)COc2ccccc2)c2c(=O)[nH]c(=O)n(C)c12. The fourth-order valence-electron chi connectivity index (χ4n) is 2.63. The Bertz CT molecular complexity index is 1050. The second-order valence-corrected chi connectivity index (χ2v) is 6.89. The topological polar surface area (TPSA) is 102 Å². The van der Waals surface area contributed by atoms with Crippen LogP contribution in [0.2, 0.25) is 0 Å². The Labute approximate surface area is 159 Å². The number of ether oxygens (including phenoxy) is 1. The van der Waals surface area contributed by atoms with Crippen LogP contribution in [0.25, 0.3) is 11.0 Å². The molecule has 9 heteroatoms. The van der Waals surface area contributed by atoms with E-state index in [4.69, 9.17) is 4.74 Å². The van der Waals surface area contributed by atoms with Crippen molar-refractivity contribution >= 4 is 22.8 Å². The normalized spacial score (nSPS) is 12.2. The van der Waals surface area contributed by atoms with Gasteiger partial charge in [0.05, 0.1) is 6.54 Å². The van der Waals surface area contributed by atoms with Crippen molar-refractivity contribution in [2.75, 3.05) is 12.4 Å². The van der Waals surface area contributed by atoms with Gasteiger partial charge in [-0.2, -0.15) is 5.10 Å². The Kier molecular flexibility index (Phi) is 5.82. The first kappa shape index (κ1) is 19.0. The molecule has 8 nitrogen and oxygen atoms in total. The molecule has 0 saturated heterocycles. The average molecular weight is 388 g/mol. The summed E-state index contributed by atoms with van der Waals surface area (Å²) in [5.41, 5.74) is -0.378. The number of fused-ring (bicyclic) bond motifs is 1. The van der Waals surface area contributed by atoms with Crippen molar-refractivity contribution in [3.8, 4) is 5.75 Å². The monoisotopic (exact) mass is 388 g/mol. The summed E-state index contributed by atoms with van der Waals surface area (Å²) >= 11 is 1.36. The van der Waals surface area contributed by atoms with Crippen molar-refractivity contribution in [2.24, 2.45) is 7.05 Å². The molecule has 0 aliphatic carbocycles. The van der Waals surface area contributed by atoms with Crippen LogP contribution in [0.4, 0.5) is 0 Å². The summed E-state index contributed by atoms with van der Waals surface area (Å²) in [7, 11) is 1.57. The lowest BCUT2D eigenvalue weighted by Gasteiger charge is -2.12. The van der Waals surface area contributed by atoms with Crippen molar-refractivity contribution in [1.29, 1.82) is 0 Å². The fraction of sp³-hybridized carbons (Fsp3) is 0.278. The molecule has 3 aromatic rings. The molecule has 1 unspecified atom stereocenters. The van der Waals surface area contributed by atoms with E-state index in [1.807, 2.05) is 18.2 Å². The lowest BCUT2D eigenvalue weighted by atomic mass is 10.3. The highest BCUT2D eigenvalue weighted by molar-refractivity contribution is 7.99. The molecule has 2 heterocycles. The average Bonchev–Trinajstić information content (AvgIpc) is 3.02. The summed E-state index contributed by atoms with van der Waals surface area (Å²) in [6.07, 6.45) is 0.825. The number of rotatable bonds is 8. The number of hydrogen-bond donors (Lipinski definition) is 2. The smallest absolute Gasteiger partial charge is 0.328 e. The van der Waals surface area contributed by atoms with Crippen LogP contribution in [-0.2, 0) is 13.6 Å². The first-order chi connectivity index (χ1) is 13.0. The minimum atomic E-state index is -0.887. The Morgan fingerprint density at radius 1 is 1.33 bits per heavy atom. The van der Waals surface area contributed by atoms with E-state index < -0.39 is 17.4 Å². The number of aryl methyl sites for hydroxylation is 1. The second-order valence-electron chi connectivity index (χ2n) is 5.88. The number of aromatic amines is 1. The largest absolute Gasteiger partial charge is 0.491 e. The number of aromatic nitrogens is 4. The van der Waals surface area contributed by atoms with Crippen molar-refractivity contribution < 1.29 is 9.84 Å². The van der Waals surface area contributed by atoms with Crippen LogP contribution in [0, 0.1) is 0 Å². The van der Waals surface area contributed by atoms with Crippen LogP contribution in [0.3, 0.4) is 0 Å². The van der Waals surface area contributed by atoms with Crippen LogP contribution < -0.4 is 16.0 Å². The standard InChI is InChI=1S/C18H20N4O4S/c1-3-9-27-17-15-14(16(24)19-18(25)21(15)2)22(20-17)10-12(23)11-26-13-7-5-4-6-8-13/h3-8,12,23H,1,9-11H2,2H3,(H,19,24,25). The maximum atomic E-state index is 12.3. The molecule has 0 aliphatic heterocycles. The van der Waals surface area contributed by atoms with Gasteiger partial charge in [-0.25, -0.2) is 4.79 Å². The Hall–Kier alpha value is -2.78. The Morgan fingerprint density at radius 3 is 2.78 bits per heavy atom. The minimum Gasteiger partial charge on any atom is -0.491 e. The van der Waals surface area contributed by atoms with E-state index in [1.54, 1.807) is 25.3 Å². The maximum Gasteiger partial charge on any atom is 0.328 e. The first-order valence-electron chi connectivity index (χ1n) is 8.30. The Morgan fingerprint density at radius 2 is 2.07 bits per heavy atom. The summed E-state index contributed by atoms with van der Waals surface area (Å²) < 4.78 is 8.31. The highest BCUT2D eigenvalue weighted by atomic mass is 32.2. The molecule has 0 aliphatic rings. The molecule has 1 aromatic carbocycles. The summed E-state index contributed by atoms with van der Waals surface area (Å²) in [6.45, 7) is 3.77. The third-order valence-electron chi connectivity index (χ3n) is 3.88. The molecule has 0 bridgehead atoms. The molecular weight excluding hydrogens is 368 g/mol. The lowest BCUT2D eigenvalue weighted by Crippen LogP contribution is -2.30. The Balaban J connectivity index is 1.89. The number of nitrogens with one attached hydrogen (secondary N) is 1. The van der Waals surface area contributed by atoms with Gasteiger partial charge < -0.3 is 9.84 Å².